The third kappa shape index (κ3) is 5.51. The van der Waals surface area contributed by atoms with E-state index in [1.54, 1.807) is 11.8 Å². The third-order valence-electron chi connectivity index (χ3n) is 5.37. The first-order chi connectivity index (χ1) is 15.0. The molecule has 2 aliphatic rings. The van der Waals surface area contributed by atoms with Gasteiger partial charge in [0.25, 0.3) is 0 Å². The van der Waals surface area contributed by atoms with Crippen LogP contribution in [0.15, 0.2) is 68.3 Å². The second-order valence-electron chi connectivity index (χ2n) is 9.15. The van der Waals surface area contributed by atoms with E-state index in [0.29, 0.717) is 25.0 Å². The molecule has 0 N–H and O–H groups in total. The molecular weight excluding hydrogens is 404 g/mol. The van der Waals surface area contributed by atoms with Gasteiger partial charge in [-0.25, -0.2) is 9.98 Å². The van der Waals surface area contributed by atoms with Crippen molar-refractivity contribution in [2.75, 3.05) is 13.2 Å². The molecule has 2 atom stereocenters. The molecule has 4 rings (SSSR count). The van der Waals surface area contributed by atoms with Gasteiger partial charge in [0.2, 0.25) is 11.8 Å². The fourth-order valence-corrected chi connectivity index (χ4v) is 5.10. The van der Waals surface area contributed by atoms with Gasteiger partial charge in [-0.1, -0.05) is 63.7 Å². The van der Waals surface area contributed by atoms with Crippen LogP contribution in [0.5, 0.6) is 0 Å². The molecule has 31 heavy (non-hydrogen) atoms. The highest BCUT2D eigenvalue weighted by Gasteiger charge is 2.25. The number of rotatable bonds is 8. The van der Waals surface area contributed by atoms with Crippen LogP contribution in [0.2, 0.25) is 0 Å². The van der Waals surface area contributed by atoms with Crippen LogP contribution in [0.25, 0.3) is 0 Å². The number of hydrogen-bond acceptors (Lipinski definition) is 5. The van der Waals surface area contributed by atoms with Crippen LogP contribution >= 0.6 is 11.8 Å². The first-order valence-electron chi connectivity index (χ1n) is 11.3. The summed E-state index contributed by atoms with van der Waals surface area (Å²) in [6.07, 6.45) is 2.10. The summed E-state index contributed by atoms with van der Waals surface area (Å²) in [5.74, 6) is 2.75. The van der Waals surface area contributed by atoms with Crippen molar-refractivity contribution in [3.63, 3.8) is 0 Å². The standard InChI is InChI=1S/C26H32N2O2S/c1-17(2)13-19-15-29-25(27-19)21-9-5-7-11-23(21)31-24-12-8-6-10-22(24)26-28-20(16-30-26)14-18(3)4/h5-12,17-20H,13-16H2,1-4H3/t19-,20-/m0/s1. The Hall–Kier alpha value is -2.27. The average molecular weight is 437 g/mol. The lowest BCUT2D eigenvalue weighted by molar-refractivity contribution is 0.301. The predicted octanol–water partition coefficient (Wildman–Crippen LogP) is 6.22. The number of nitrogens with zero attached hydrogens (tertiary/aromatic N) is 2. The maximum Gasteiger partial charge on any atom is 0.217 e. The Kier molecular flexibility index (Phi) is 7.01. The van der Waals surface area contributed by atoms with Gasteiger partial charge >= 0.3 is 0 Å². The number of benzene rings is 2. The summed E-state index contributed by atoms with van der Waals surface area (Å²) in [5, 5.41) is 0. The lowest BCUT2D eigenvalue weighted by Crippen LogP contribution is -2.09. The van der Waals surface area contributed by atoms with E-state index >= 15 is 0 Å². The van der Waals surface area contributed by atoms with E-state index < -0.39 is 0 Å². The quantitative estimate of drug-likeness (QED) is 0.493. The number of ether oxygens (including phenoxy) is 2. The molecular formula is C26H32N2O2S. The van der Waals surface area contributed by atoms with Crippen LogP contribution in [0.3, 0.4) is 0 Å². The van der Waals surface area contributed by atoms with E-state index in [1.165, 1.54) is 0 Å². The first-order valence-corrected chi connectivity index (χ1v) is 12.1. The summed E-state index contributed by atoms with van der Waals surface area (Å²) in [6.45, 7) is 10.3. The summed E-state index contributed by atoms with van der Waals surface area (Å²) in [5.41, 5.74) is 2.11. The van der Waals surface area contributed by atoms with Crippen molar-refractivity contribution >= 4 is 23.6 Å². The molecule has 2 heterocycles. The fourth-order valence-electron chi connectivity index (χ4n) is 4.04. The lowest BCUT2D eigenvalue weighted by atomic mass is 10.1. The normalized spacial score (nSPS) is 20.6. The molecule has 0 spiro atoms. The Morgan fingerprint density at radius 2 is 1.16 bits per heavy atom. The van der Waals surface area contributed by atoms with Crippen molar-refractivity contribution < 1.29 is 9.47 Å². The molecule has 0 aromatic heterocycles. The topological polar surface area (TPSA) is 43.2 Å². The highest BCUT2D eigenvalue weighted by Crippen LogP contribution is 2.35. The molecule has 0 aliphatic carbocycles. The van der Waals surface area contributed by atoms with Gasteiger partial charge in [0.1, 0.15) is 13.2 Å². The Bertz CT molecular complexity index is 890. The summed E-state index contributed by atoms with van der Waals surface area (Å²) in [6, 6.07) is 17.2. The van der Waals surface area contributed by atoms with Crippen LogP contribution < -0.4 is 0 Å². The third-order valence-corrected chi connectivity index (χ3v) is 6.52. The molecule has 5 heteroatoms. The van der Waals surface area contributed by atoms with Crippen LogP contribution in [0.1, 0.15) is 51.7 Å². The van der Waals surface area contributed by atoms with E-state index in [1.807, 2.05) is 12.1 Å². The van der Waals surface area contributed by atoms with Crippen molar-refractivity contribution in [2.45, 2.75) is 62.4 Å². The minimum atomic E-state index is 0.250. The molecule has 2 aromatic rings. The molecule has 164 valence electrons. The smallest absolute Gasteiger partial charge is 0.217 e. The van der Waals surface area contributed by atoms with E-state index in [2.05, 4.69) is 64.1 Å². The second-order valence-corrected chi connectivity index (χ2v) is 10.2. The van der Waals surface area contributed by atoms with Crippen LogP contribution in [-0.4, -0.2) is 37.1 Å². The van der Waals surface area contributed by atoms with E-state index in [4.69, 9.17) is 19.5 Å². The maximum atomic E-state index is 6.00. The van der Waals surface area contributed by atoms with Gasteiger partial charge < -0.3 is 9.47 Å². The minimum Gasteiger partial charge on any atom is -0.475 e. The number of hydrogen-bond donors (Lipinski definition) is 0. The van der Waals surface area contributed by atoms with Gasteiger partial charge in [-0.15, -0.1) is 0 Å². The SMILES string of the molecule is CC(C)C[C@H]1COC(c2ccccc2Sc2ccccc2C2=N[C@@H](CC(C)C)CO2)=N1. The highest BCUT2D eigenvalue weighted by atomic mass is 32.2. The molecule has 2 aliphatic heterocycles. The van der Waals surface area contributed by atoms with Crippen LogP contribution in [-0.2, 0) is 9.47 Å². The molecule has 0 radical (unpaired) electrons. The zero-order valence-corrected chi connectivity index (χ0v) is 19.7. The Morgan fingerprint density at radius 1 is 0.742 bits per heavy atom. The maximum absolute atomic E-state index is 6.00. The monoisotopic (exact) mass is 436 g/mol. The van der Waals surface area contributed by atoms with E-state index in [-0.39, 0.29) is 12.1 Å². The molecule has 2 aromatic carbocycles. The van der Waals surface area contributed by atoms with Gasteiger partial charge in [0.15, 0.2) is 0 Å². The lowest BCUT2D eigenvalue weighted by Gasteiger charge is -2.12. The van der Waals surface area contributed by atoms with Gasteiger partial charge in [0.05, 0.1) is 23.2 Å². The number of aliphatic imine (C=N–C) groups is 2. The predicted molar refractivity (Wildman–Crippen MR) is 128 cm³/mol. The first kappa shape index (κ1) is 21.9. The van der Waals surface area contributed by atoms with Crippen LogP contribution in [0, 0.1) is 11.8 Å². The molecule has 0 unspecified atom stereocenters. The largest absolute Gasteiger partial charge is 0.475 e. The van der Waals surface area contributed by atoms with Crippen molar-refractivity contribution in [1.29, 1.82) is 0 Å². The Morgan fingerprint density at radius 3 is 1.58 bits per heavy atom. The van der Waals surface area contributed by atoms with Crippen molar-refractivity contribution in [2.24, 2.45) is 21.8 Å². The average Bonchev–Trinajstić information content (AvgIpc) is 3.38. The second kappa shape index (κ2) is 9.90. The molecule has 0 amide bonds. The Balaban J connectivity index is 1.58. The summed E-state index contributed by atoms with van der Waals surface area (Å²) in [4.78, 5) is 12.0. The molecule has 4 nitrogen and oxygen atoms in total. The molecule has 0 bridgehead atoms. The van der Waals surface area contributed by atoms with Crippen molar-refractivity contribution in [3.05, 3.63) is 59.7 Å². The minimum absolute atomic E-state index is 0.250. The Labute approximate surface area is 190 Å². The highest BCUT2D eigenvalue weighted by molar-refractivity contribution is 7.99. The molecule has 0 saturated heterocycles. The van der Waals surface area contributed by atoms with Crippen molar-refractivity contribution in [3.8, 4) is 0 Å². The van der Waals surface area contributed by atoms with Gasteiger partial charge in [-0.2, -0.15) is 0 Å². The fraction of sp³-hybridized carbons (Fsp3) is 0.462. The van der Waals surface area contributed by atoms with Crippen LogP contribution in [0.4, 0.5) is 0 Å². The van der Waals surface area contributed by atoms with Gasteiger partial charge in [0, 0.05) is 9.79 Å². The summed E-state index contributed by atoms with van der Waals surface area (Å²) < 4.78 is 12.0. The van der Waals surface area contributed by atoms with Gasteiger partial charge in [-0.05, 0) is 48.9 Å². The molecule has 0 saturated carbocycles. The summed E-state index contributed by atoms with van der Waals surface area (Å²) >= 11 is 1.72. The zero-order chi connectivity index (χ0) is 21.8. The van der Waals surface area contributed by atoms with E-state index in [9.17, 15) is 0 Å². The summed E-state index contributed by atoms with van der Waals surface area (Å²) in [7, 11) is 0. The van der Waals surface area contributed by atoms with Gasteiger partial charge in [-0.3, -0.25) is 0 Å². The zero-order valence-electron chi connectivity index (χ0n) is 18.9. The van der Waals surface area contributed by atoms with E-state index in [0.717, 1.165) is 45.6 Å². The van der Waals surface area contributed by atoms with Crippen molar-refractivity contribution in [1.82, 2.24) is 0 Å². The molecule has 0 fully saturated rings.